The lowest BCUT2D eigenvalue weighted by molar-refractivity contribution is -0.115. The molecule has 2 N–H and O–H groups in total. The first kappa shape index (κ1) is 18.9. The normalized spacial score (nSPS) is 11.5. The van der Waals surface area contributed by atoms with Crippen LogP contribution in [0.3, 0.4) is 0 Å². The summed E-state index contributed by atoms with van der Waals surface area (Å²) in [7, 11) is 1.55. The van der Waals surface area contributed by atoms with Gasteiger partial charge in [-0.15, -0.1) is 11.8 Å². The minimum Gasteiger partial charge on any atom is -0.495 e. The molecule has 0 saturated heterocycles. The lowest BCUT2D eigenvalue weighted by Crippen LogP contribution is -2.25. The Kier molecular flexibility index (Phi) is 6.89. The fourth-order valence-corrected chi connectivity index (χ4v) is 2.84. The summed E-state index contributed by atoms with van der Waals surface area (Å²) in [6, 6.07) is 14.8. The van der Waals surface area contributed by atoms with E-state index in [0.29, 0.717) is 11.4 Å². The third-order valence-corrected chi connectivity index (χ3v) is 4.76. The summed E-state index contributed by atoms with van der Waals surface area (Å²) in [6.45, 7) is 3.72. The molecule has 0 aliphatic rings. The Hall–Kier alpha value is -2.47. The highest BCUT2D eigenvalue weighted by molar-refractivity contribution is 8.01. The van der Waals surface area contributed by atoms with Gasteiger partial charge in [-0.3, -0.25) is 9.59 Å². The summed E-state index contributed by atoms with van der Waals surface area (Å²) >= 11 is 1.29. The molecule has 2 amide bonds. The molecule has 0 unspecified atom stereocenters. The second-order valence-corrected chi connectivity index (χ2v) is 6.83. The minimum absolute atomic E-state index is 0.121. The van der Waals surface area contributed by atoms with E-state index in [4.69, 9.17) is 4.74 Å². The second kappa shape index (κ2) is 9.13. The standard InChI is InChI=1S/C19H22N2O3S/c1-13-8-4-5-9-15(13)21-19(23)14(2)25-12-18(22)20-16-10-6-7-11-17(16)24-3/h4-11,14H,12H2,1-3H3,(H,20,22)(H,21,23)/t14-/m0/s1. The van der Waals surface area contributed by atoms with Gasteiger partial charge in [-0.1, -0.05) is 30.3 Å². The van der Waals surface area contributed by atoms with Crippen LogP contribution in [0, 0.1) is 6.92 Å². The maximum atomic E-state index is 12.3. The van der Waals surface area contributed by atoms with Gasteiger partial charge in [0.1, 0.15) is 5.75 Å². The first-order valence-corrected chi connectivity index (χ1v) is 8.97. The average Bonchev–Trinajstić information content (AvgIpc) is 2.62. The number of hydrogen-bond acceptors (Lipinski definition) is 4. The van der Waals surface area contributed by atoms with Crippen molar-refractivity contribution in [3.05, 3.63) is 54.1 Å². The number of para-hydroxylation sites is 3. The molecule has 0 aliphatic heterocycles. The first-order valence-electron chi connectivity index (χ1n) is 7.92. The number of thioether (sulfide) groups is 1. The number of methoxy groups -OCH3 is 1. The molecular formula is C19H22N2O3S. The largest absolute Gasteiger partial charge is 0.495 e. The zero-order valence-corrected chi connectivity index (χ0v) is 15.4. The molecule has 132 valence electrons. The maximum Gasteiger partial charge on any atom is 0.237 e. The van der Waals surface area contributed by atoms with E-state index in [0.717, 1.165) is 11.3 Å². The van der Waals surface area contributed by atoms with Crippen molar-refractivity contribution in [1.82, 2.24) is 0 Å². The number of carbonyl (C=O) groups is 2. The van der Waals surface area contributed by atoms with E-state index in [2.05, 4.69) is 10.6 Å². The predicted molar refractivity (Wildman–Crippen MR) is 103 cm³/mol. The van der Waals surface area contributed by atoms with Crippen molar-refractivity contribution in [3.63, 3.8) is 0 Å². The SMILES string of the molecule is COc1ccccc1NC(=O)CS[C@@H](C)C(=O)Nc1ccccc1C. The Morgan fingerprint density at radius 2 is 1.68 bits per heavy atom. The highest BCUT2D eigenvalue weighted by Crippen LogP contribution is 2.23. The number of benzene rings is 2. The monoisotopic (exact) mass is 358 g/mol. The van der Waals surface area contributed by atoms with E-state index in [1.165, 1.54) is 11.8 Å². The number of carbonyl (C=O) groups excluding carboxylic acids is 2. The average molecular weight is 358 g/mol. The molecule has 2 rings (SSSR count). The highest BCUT2D eigenvalue weighted by Gasteiger charge is 2.16. The van der Waals surface area contributed by atoms with Gasteiger partial charge >= 0.3 is 0 Å². The molecule has 6 heteroatoms. The smallest absolute Gasteiger partial charge is 0.237 e. The van der Waals surface area contributed by atoms with Gasteiger partial charge in [0.15, 0.2) is 0 Å². The molecule has 5 nitrogen and oxygen atoms in total. The maximum absolute atomic E-state index is 12.3. The van der Waals surface area contributed by atoms with Gasteiger partial charge in [-0.05, 0) is 37.6 Å². The van der Waals surface area contributed by atoms with Gasteiger partial charge in [0.05, 0.1) is 23.8 Å². The van der Waals surface area contributed by atoms with E-state index in [-0.39, 0.29) is 22.8 Å². The van der Waals surface area contributed by atoms with Crippen LogP contribution in [-0.2, 0) is 9.59 Å². The Morgan fingerprint density at radius 3 is 2.36 bits per heavy atom. The predicted octanol–water partition coefficient (Wildman–Crippen LogP) is 3.70. The van der Waals surface area contributed by atoms with E-state index in [9.17, 15) is 9.59 Å². The third-order valence-electron chi connectivity index (χ3n) is 3.62. The van der Waals surface area contributed by atoms with E-state index < -0.39 is 0 Å². The third kappa shape index (κ3) is 5.53. The van der Waals surface area contributed by atoms with Crippen LogP contribution in [0.25, 0.3) is 0 Å². The zero-order valence-electron chi connectivity index (χ0n) is 14.5. The van der Waals surface area contributed by atoms with Crippen LogP contribution in [-0.4, -0.2) is 29.9 Å². The van der Waals surface area contributed by atoms with Crippen LogP contribution >= 0.6 is 11.8 Å². The van der Waals surface area contributed by atoms with Crippen LogP contribution < -0.4 is 15.4 Å². The van der Waals surface area contributed by atoms with Crippen LogP contribution in [0.4, 0.5) is 11.4 Å². The Labute approximate surface area is 152 Å². The number of hydrogen-bond donors (Lipinski definition) is 2. The number of anilines is 2. The quantitative estimate of drug-likeness (QED) is 0.792. The molecule has 1 atom stereocenters. The molecule has 0 fully saturated rings. The van der Waals surface area contributed by atoms with Crippen molar-refractivity contribution in [2.45, 2.75) is 19.1 Å². The summed E-state index contributed by atoms with van der Waals surface area (Å²) in [5.41, 5.74) is 2.41. The van der Waals surface area contributed by atoms with Crippen molar-refractivity contribution >= 4 is 35.0 Å². The van der Waals surface area contributed by atoms with E-state index in [1.54, 1.807) is 26.2 Å². The second-order valence-electron chi connectivity index (χ2n) is 5.51. The highest BCUT2D eigenvalue weighted by atomic mass is 32.2. The Morgan fingerprint density at radius 1 is 1.04 bits per heavy atom. The fraction of sp³-hybridized carbons (Fsp3) is 0.263. The van der Waals surface area contributed by atoms with Crippen LogP contribution in [0.2, 0.25) is 0 Å². The Balaban J connectivity index is 1.84. The summed E-state index contributed by atoms with van der Waals surface area (Å²) in [5.74, 6) is 0.487. The summed E-state index contributed by atoms with van der Waals surface area (Å²) in [5, 5.41) is 5.34. The van der Waals surface area contributed by atoms with E-state index >= 15 is 0 Å². The minimum atomic E-state index is -0.344. The molecule has 0 radical (unpaired) electrons. The molecule has 0 aromatic heterocycles. The van der Waals surface area contributed by atoms with Crippen LogP contribution in [0.15, 0.2) is 48.5 Å². The lowest BCUT2D eigenvalue weighted by atomic mass is 10.2. The molecule has 2 aromatic carbocycles. The topological polar surface area (TPSA) is 67.4 Å². The molecule has 25 heavy (non-hydrogen) atoms. The molecule has 0 saturated carbocycles. The zero-order chi connectivity index (χ0) is 18.2. The number of aryl methyl sites for hydroxylation is 1. The van der Waals surface area contributed by atoms with Crippen molar-refractivity contribution in [1.29, 1.82) is 0 Å². The fourth-order valence-electron chi connectivity index (χ4n) is 2.16. The summed E-state index contributed by atoms with van der Waals surface area (Å²) in [6.07, 6.45) is 0. The van der Waals surface area contributed by atoms with Crippen LogP contribution in [0.1, 0.15) is 12.5 Å². The van der Waals surface area contributed by atoms with E-state index in [1.807, 2.05) is 43.3 Å². The molecular weight excluding hydrogens is 336 g/mol. The van der Waals surface area contributed by atoms with Crippen molar-refractivity contribution in [3.8, 4) is 5.75 Å². The van der Waals surface area contributed by atoms with Crippen LogP contribution in [0.5, 0.6) is 5.75 Å². The molecule has 2 aromatic rings. The summed E-state index contributed by atoms with van der Waals surface area (Å²) < 4.78 is 5.20. The molecule has 0 bridgehead atoms. The number of ether oxygens (including phenoxy) is 1. The first-order chi connectivity index (χ1) is 12.0. The van der Waals surface area contributed by atoms with Crippen molar-refractivity contribution in [2.24, 2.45) is 0 Å². The summed E-state index contributed by atoms with van der Waals surface area (Å²) in [4.78, 5) is 24.4. The van der Waals surface area contributed by atoms with Gasteiger partial charge in [-0.25, -0.2) is 0 Å². The number of amides is 2. The van der Waals surface area contributed by atoms with Gasteiger partial charge in [0.25, 0.3) is 0 Å². The van der Waals surface area contributed by atoms with Gasteiger partial charge in [0, 0.05) is 5.69 Å². The van der Waals surface area contributed by atoms with Gasteiger partial charge < -0.3 is 15.4 Å². The molecule has 0 aliphatic carbocycles. The van der Waals surface area contributed by atoms with Crippen molar-refractivity contribution in [2.75, 3.05) is 23.5 Å². The molecule has 0 heterocycles. The number of nitrogens with one attached hydrogen (secondary N) is 2. The van der Waals surface area contributed by atoms with Gasteiger partial charge in [0.2, 0.25) is 11.8 Å². The molecule has 0 spiro atoms. The van der Waals surface area contributed by atoms with Gasteiger partial charge in [-0.2, -0.15) is 0 Å². The lowest BCUT2D eigenvalue weighted by Gasteiger charge is -2.14. The Bertz CT molecular complexity index is 749. The number of rotatable bonds is 7. The van der Waals surface area contributed by atoms with Crippen molar-refractivity contribution < 1.29 is 14.3 Å².